The van der Waals surface area contributed by atoms with Crippen LogP contribution < -0.4 is 5.73 Å². The first-order valence-corrected chi connectivity index (χ1v) is 5.27. The minimum atomic E-state index is 0.243. The van der Waals surface area contributed by atoms with Gasteiger partial charge >= 0.3 is 0 Å². The molecule has 0 spiro atoms. The zero-order chi connectivity index (χ0) is 10.8. The van der Waals surface area contributed by atoms with Crippen LogP contribution in [0.25, 0.3) is 0 Å². The van der Waals surface area contributed by atoms with Gasteiger partial charge in [-0.25, -0.2) is 0 Å². The first kappa shape index (κ1) is 10.0. The number of nitrogens with zero attached hydrogens (tertiary/aromatic N) is 3. The smallest absolute Gasteiger partial charge is 0.143 e. The Morgan fingerprint density at radius 2 is 2.47 bits per heavy atom. The summed E-state index contributed by atoms with van der Waals surface area (Å²) in [6.45, 7) is 2.91. The molecule has 1 fully saturated rings. The van der Waals surface area contributed by atoms with Crippen LogP contribution in [-0.4, -0.2) is 20.8 Å². The van der Waals surface area contributed by atoms with Gasteiger partial charge in [-0.3, -0.25) is 4.68 Å². The lowest BCUT2D eigenvalue weighted by Crippen LogP contribution is -2.15. The highest BCUT2D eigenvalue weighted by molar-refractivity contribution is 5.82. The molecule has 1 aliphatic rings. The van der Waals surface area contributed by atoms with Gasteiger partial charge in [-0.2, -0.15) is 5.10 Å². The van der Waals surface area contributed by atoms with Crippen LogP contribution in [0.2, 0.25) is 0 Å². The lowest BCUT2D eigenvalue weighted by atomic mass is 10.1. The van der Waals surface area contributed by atoms with Crippen LogP contribution in [0, 0.1) is 0 Å². The Kier molecular flexibility index (Phi) is 2.62. The van der Waals surface area contributed by atoms with Gasteiger partial charge in [0, 0.05) is 30.6 Å². The van der Waals surface area contributed by atoms with Crippen molar-refractivity contribution in [2.75, 3.05) is 0 Å². The molecule has 1 aliphatic carbocycles. The van der Waals surface area contributed by atoms with Crippen LogP contribution in [0.3, 0.4) is 0 Å². The summed E-state index contributed by atoms with van der Waals surface area (Å²) in [5.74, 6) is 0.840. The van der Waals surface area contributed by atoms with Crippen molar-refractivity contribution < 1.29 is 5.21 Å². The molecule has 1 heterocycles. The molecule has 0 atom stereocenters. The zero-order valence-corrected chi connectivity index (χ0v) is 8.85. The van der Waals surface area contributed by atoms with E-state index in [0.717, 1.165) is 17.8 Å². The summed E-state index contributed by atoms with van der Waals surface area (Å²) in [7, 11) is 0. The number of oxime groups is 1. The SMILES string of the molecule is CCn1cc(C/C(N)=N/O)c(C2CC2)n1. The van der Waals surface area contributed by atoms with Gasteiger partial charge in [0.2, 0.25) is 0 Å². The van der Waals surface area contributed by atoms with Crippen molar-refractivity contribution in [3.05, 3.63) is 17.5 Å². The molecule has 0 unspecified atom stereocenters. The van der Waals surface area contributed by atoms with Crippen molar-refractivity contribution in [2.45, 2.75) is 38.6 Å². The molecule has 0 amide bonds. The van der Waals surface area contributed by atoms with Crippen molar-refractivity contribution in [3.63, 3.8) is 0 Å². The minimum Gasteiger partial charge on any atom is -0.409 e. The average Bonchev–Trinajstić information content (AvgIpc) is 3.01. The summed E-state index contributed by atoms with van der Waals surface area (Å²) >= 11 is 0. The molecule has 0 aliphatic heterocycles. The van der Waals surface area contributed by atoms with Crippen LogP contribution in [0.5, 0.6) is 0 Å². The molecule has 5 heteroatoms. The summed E-state index contributed by atoms with van der Waals surface area (Å²) in [5, 5.41) is 16.0. The van der Waals surface area contributed by atoms with Crippen molar-refractivity contribution >= 4 is 5.84 Å². The van der Waals surface area contributed by atoms with Crippen LogP contribution in [0.4, 0.5) is 0 Å². The molecular formula is C10H16N4O. The minimum absolute atomic E-state index is 0.243. The maximum Gasteiger partial charge on any atom is 0.143 e. The molecule has 1 aromatic heterocycles. The van der Waals surface area contributed by atoms with E-state index < -0.39 is 0 Å². The second kappa shape index (κ2) is 3.92. The number of hydrogen-bond acceptors (Lipinski definition) is 3. The van der Waals surface area contributed by atoms with Crippen LogP contribution >= 0.6 is 0 Å². The largest absolute Gasteiger partial charge is 0.409 e. The number of rotatable bonds is 4. The molecule has 82 valence electrons. The number of aryl methyl sites for hydroxylation is 1. The molecule has 0 bridgehead atoms. The lowest BCUT2D eigenvalue weighted by Gasteiger charge is -1.98. The van der Waals surface area contributed by atoms with E-state index in [0.29, 0.717) is 12.3 Å². The third-order valence-corrected chi connectivity index (χ3v) is 2.66. The maximum atomic E-state index is 8.54. The van der Waals surface area contributed by atoms with Crippen LogP contribution in [0.1, 0.15) is 36.9 Å². The number of nitrogens with two attached hydrogens (primary N) is 1. The Balaban J connectivity index is 2.23. The lowest BCUT2D eigenvalue weighted by molar-refractivity contribution is 0.317. The molecule has 15 heavy (non-hydrogen) atoms. The molecule has 5 nitrogen and oxygen atoms in total. The normalized spacial score (nSPS) is 17.0. The van der Waals surface area contributed by atoms with E-state index in [1.54, 1.807) is 0 Å². The third kappa shape index (κ3) is 2.11. The Bertz CT molecular complexity index is 379. The standard InChI is InChI=1S/C10H16N4O/c1-2-14-6-8(5-9(11)13-15)10(12-14)7-3-4-7/h6-7,15H,2-5H2,1H3,(H2,11,13). The van der Waals surface area contributed by atoms with Crippen molar-refractivity contribution in [1.29, 1.82) is 0 Å². The summed E-state index contributed by atoms with van der Waals surface area (Å²) in [6, 6.07) is 0. The van der Waals surface area contributed by atoms with E-state index >= 15 is 0 Å². The number of amidine groups is 1. The summed E-state index contributed by atoms with van der Waals surface area (Å²) in [4.78, 5) is 0. The Morgan fingerprint density at radius 1 is 1.73 bits per heavy atom. The van der Waals surface area contributed by atoms with Crippen LogP contribution in [-0.2, 0) is 13.0 Å². The fourth-order valence-corrected chi connectivity index (χ4v) is 1.71. The molecule has 0 aromatic carbocycles. The molecule has 3 N–H and O–H groups in total. The van der Waals surface area contributed by atoms with E-state index in [9.17, 15) is 0 Å². The molecule has 1 saturated carbocycles. The van der Waals surface area contributed by atoms with Crippen molar-refractivity contribution in [1.82, 2.24) is 9.78 Å². The van der Waals surface area contributed by atoms with E-state index in [2.05, 4.69) is 17.2 Å². The van der Waals surface area contributed by atoms with Gasteiger partial charge < -0.3 is 10.9 Å². The molecule has 0 radical (unpaired) electrons. The number of aromatic nitrogens is 2. The second-order valence-corrected chi connectivity index (χ2v) is 3.94. The number of hydrogen-bond donors (Lipinski definition) is 2. The first-order chi connectivity index (χ1) is 7.24. The van der Waals surface area contributed by atoms with Crippen molar-refractivity contribution in [3.8, 4) is 0 Å². The Hall–Kier alpha value is -1.52. The van der Waals surface area contributed by atoms with Gasteiger partial charge in [-0.15, -0.1) is 0 Å². The second-order valence-electron chi connectivity index (χ2n) is 3.94. The highest BCUT2D eigenvalue weighted by Crippen LogP contribution is 2.40. The third-order valence-electron chi connectivity index (χ3n) is 2.66. The quantitative estimate of drug-likeness (QED) is 0.336. The van der Waals surface area contributed by atoms with E-state index in [4.69, 9.17) is 10.9 Å². The topological polar surface area (TPSA) is 76.4 Å². The summed E-state index contributed by atoms with van der Waals surface area (Å²) in [5.41, 5.74) is 7.73. The van der Waals surface area contributed by atoms with Gasteiger partial charge in [0.1, 0.15) is 5.84 Å². The molecular weight excluding hydrogens is 192 g/mol. The average molecular weight is 208 g/mol. The molecule has 2 rings (SSSR count). The Morgan fingerprint density at radius 3 is 3.00 bits per heavy atom. The Labute approximate surface area is 88.6 Å². The van der Waals surface area contributed by atoms with Crippen molar-refractivity contribution in [2.24, 2.45) is 10.9 Å². The fraction of sp³-hybridized carbons (Fsp3) is 0.600. The van der Waals surface area contributed by atoms with Gasteiger partial charge in [-0.05, 0) is 19.8 Å². The highest BCUT2D eigenvalue weighted by Gasteiger charge is 2.29. The van der Waals surface area contributed by atoms with Gasteiger partial charge in [-0.1, -0.05) is 5.16 Å². The van der Waals surface area contributed by atoms with Gasteiger partial charge in [0.25, 0.3) is 0 Å². The van der Waals surface area contributed by atoms with Gasteiger partial charge in [0.05, 0.1) is 5.69 Å². The first-order valence-electron chi connectivity index (χ1n) is 5.27. The molecule has 0 saturated heterocycles. The van der Waals surface area contributed by atoms with E-state index in [1.165, 1.54) is 12.8 Å². The zero-order valence-electron chi connectivity index (χ0n) is 8.85. The van der Waals surface area contributed by atoms with E-state index in [1.807, 2.05) is 10.9 Å². The fourth-order valence-electron chi connectivity index (χ4n) is 1.71. The predicted octanol–water partition coefficient (Wildman–Crippen LogP) is 1.07. The maximum absolute atomic E-state index is 8.54. The summed E-state index contributed by atoms with van der Waals surface area (Å²) in [6.07, 6.45) is 4.90. The monoisotopic (exact) mass is 208 g/mol. The van der Waals surface area contributed by atoms with Crippen LogP contribution in [0.15, 0.2) is 11.4 Å². The molecule has 1 aromatic rings. The predicted molar refractivity (Wildman–Crippen MR) is 57.0 cm³/mol. The summed E-state index contributed by atoms with van der Waals surface area (Å²) < 4.78 is 1.91. The highest BCUT2D eigenvalue weighted by atomic mass is 16.4. The van der Waals surface area contributed by atoms with Gasteiger partial charge in [0.15, 0.2) is 0 Å². The van der Waals surface area contributed by atoms with E-state index in [-0.39, 0.29) is 5.84 Å².